The zero-order valence-corrected chi connectivity index (χ0v) is 22.5. The summed E-state index contributed by atoms with van der Waals surface area (Å²) in [7, 11) is 0. The monoisotopic (exact) mass is 582 g/mol. The number of aromatic nitrogens is 1. The summed E-state index contributed by atoms with van der Waals surface area (Å²) in [5, 5.41) is 0. The van der Waals surface area contributed by atoms with E-state index in [1.54, 1.807) is 0 Å². The number of anilines is 1. The van der Waals surface area contributed by atoms with E-state index in [0.717, 1.165) is 34.9 Å². The van der Waals surface area contributed by atoms with E-state index < -0.39 is 42.6 Å². The number of nitrogens with zero attached hydrogens (tertiary/aromatic N) is 2. The molecule has 3 aromatic carbocycles. The number of carbonyl (C=O) groups excluding carboxylic acids is 2. The maximum Gasteiger partial charge on any atom is 0.416 e. The van der Waals surface area contributed by atoms with Crippen LogP contribution < -0.4 is 14.4 Å². The van der Waals surface area contributed by atoms with E-state index in [0.29, 0.717) is 0 Å². The van der Waals surface area contributed by atoms with Gasteiger partial charge in [0.15, 0.2) is 17.3 Å². The van der Waals surface area contributed by atoms with Crippen LogP contribution >= 0.6 is 0 Å². The molecule has 4 aromatic rings. The number of benzene rings is 3. The van der Waals surface area contributed by atoms with Crippen molar-refractivity contribution in [1.82, 2.24) is 4.98 Å². The molecule has 0 spiro atoms. The van der Waals surface area contributed by atoms with Crippen molar-refractivity contribution in [3.05, 3.63) is 119 Å². The number of ether oxygens (including phenoxy) is 3. The molecule has 7 nitrogen and oxygen atoms in total. The molecular formula is C31H26F4N2O5. The van der Waals surface area contributed by atoms with Crippen molar-refractivity contribution in [1.29, 1.82) is 0 Å². The lowest BCUT2D eigenvalue weighted by Gasteiger charge is -2.28. The van der Waals surface area contributed by atoms with E-state index in [9.17, 15) is 27.2 Å². The fraction of sp³-hybridized carbons (Fsp3) is 0.194. The highest BCUT2D eigenvalue weighted by Gasteiger charge is 2.27. The maximum absolute atomic E-state index is 13.3. The Bertz CT molecular complexity index is 1500. The van der Waals surface area contributed by atoms with Gasteiger partial charge in [-0.25, -0.2) is 9.78 Å². The number of hydrogen-bond donors (Lipinski definition) is 0. The number of alkyl halides is 4. The molecule has 0 saturated carbocycles. The Hall–Kier alpha value is -4.93. The number of halogens is 4. The van der Waals surface area contributed by atoms with Gasteiger partial charge >= 0.3 is 19.3 Å². The van der Waals surface area contributed by atoms with Gasteiger partial charge in [-0.15, -0.1) is 0 Å². The number of hydrogen-bond acceptors (Lipinski definition) is 6. The van der Waals surface area contributed by atoms with Gasteiger partial charge in [-0.1, -0.05) is 60.2 Å². The topological polar surface area (TPSA) is 78.0 Å². The summed E-state index contributed by atoms with van der Waals surface area (Å²) < 4.78 is 65.0. The lowest BCUT2D eigenvalue weighted by Crippen LogP contribution is -2.34. The molecule has 0 saturated heterocycles. The normalized spacial score (nSPS) is 11.7. The van der Waals surface area contributed by atoms with Crippen molar-refractivity contribution in [2.75, 3.05) is 4.90 Å². The quantitative estimate of drug-likeness (QED) is 0.133. The Morgan fingerprint density at radius 2 is 1.45 bits per heavy atom. The highest BCUT2D eigenvalue weighted by Crippen LogP contribution is 2.32. The van der Waals surface area contributed by atoms with Gasteiger partial charge in [-0.2, -0.15) is 17.6 Å². The van der Waals surface area contributed by atoms with Crippen molar-refractivity contribution < 1.29 is 41.4 Å². The summed E-state index contributed by atoms with van der Waals surface area (Å²) in [6, 6.07) is 22.1. The van der Waals surface area contributed by atoms with Crippen LogP contribution in [-0.2, 0) is 11.3 Å². The van der Waals surface area contributed by atoms with Crippen LogP contribution in [0.4, 0.5) is 28.2 Å². The SMILES string of the molecule is Cc1ccc(C(C)N(C(=O)OCc2ccccc2)c2ccc(C(=O)c3ccc(OC(F)F)c(OC(F)F)c3)cn2)cc1. The minimum Gasteiger partial charge on any atom is -0.444 e. The zero-order chi connectivity index (χ0) is 30.2. The largest absolute Gasteiger partial charge is 0.444 e. The third kappa shape index (κ3) is 7.62. The molecule has 4 rings (SSSR count). The van der Waals surface area contributed by atoms with Crippen molar-refractivity contribution in [2.45, 2.75) is 39.7 Å². The number of rotatable bonds is 11. The first-order valence-electron chi connectivity index (χ1n) is 12.7. The lowest BCUT2D eigenvalue weighted by molar-refractivity contribution is -0.0692. The molecule has 0 aliphatic heterocycles. The van der Waals surface area contributed by atoms with Crippen molar-refractivity contribution in [3.8, 4) is 11.5 Å². The standard InChI is InChI=1S/C31H26F4N2O5/c1-19-8-10-22(11-9-19)20(2)37(31(39)40-18-21-6-4-3-5-7-21)27-15-13-24(17-36-27)28(38)23-12-14-25(41-29(32)33)26(16-23)42-30(34)35/h3-17,20,29-30H,18H2,1-2H3. The molecule has 1 amide bonds. The predicted octanol–water partition coefficient (Wildman–Crippen LogP) is 7.73. The zero-order valence-electron chi connectivity index (χ0n) is 22.5. The summed E-state index contributed by atoms with van der Waals surface area (Å²) in [5.74, 6) is -1.83. The van der Waals surface area contributed by atoms with Crippen LogP contribution in [0.25, 0.3) is 0 Å². The van der Waals surface area contributed by atoms with Crippen LogP contribution in [0, 0.1) is 6.92 Å². The number of ketones is 1. The summed E-state index contributed by atoms with van der Waals surface area (Å²) >= 11 is 0. The van der Waals surface area contributed by atoms with Crippen molar-refractivity contribution >= 4 is 17.7 Å². The maximum atomic E-state index is 13.3. The lowest BCUT2D eigenvalue weighted by atomic mass is 10.0. The highest BCUT2D eigenvalue weighted by atomic mass is 19.3. The smallest absolute Gasteiger partial charge is 0.416 e. The second kappa shape index (κ2) is 13.6. The number of aryl methyl sites for hydroxylation is 1. The molecule has 11 heteroatoms. The van der Waals surface area contributed by atoms with Gasteiger partial charge in [0.25, 0.3) is 0 Å². The summed E-state index contributed by atoms with van der Waals surface area (Å²) in [6.45, 7) is -2.84. The minimum absolute atomic E-state index is 0.0294. The van der Waals surface area contributed by atoms with Gasteiger partial charge in [0.1, 0.15) is 12.4 Å². The Labute approximate surface area is 239 Å². The third-order valence-electron chi connectivity index (χ3n) is 6.24. The van der Waals surface area contributed by atoms with E-state index in [2.05, 4.69) is 14.5 Å². The molecule has 0 aliphatic carbocycles. The molecule has 0 N–H and O–H groups in total. The Balaban J connectivity index is 1.60. The highest BCUT2D eigenvalue weighted by molar-refractivity contribution is 6.09. The number of carbonyl (C=O) groups is 2. The van der Waals surface area contributed by atoms with Gasteiger partial charge in [0, 0.05) is 17.3 Å². The first-order valence-corrected chi connectivity index (χ1v) is 12.7. The summed E-state index contributed by atoms with van der Waals surface area (Å²) in [5.41, 5.74) is 2.57. The third-order valence-corrected chi connectivity index (χ3v) is 6.24. The van der Waals surface area contributed by atoms with Gasteiger partial charge in [-0.05, 0) is 55.3 Å². The summed E-state index contributed by atoms with van der Waals surface area (Å²) in [4.78, 5) is 32.1. The molecule has 0 fully saturated rings. The van der Waals surface area contributed by atoms with Gasteiger partial charge < -0.3 is 14.2 Å². The molecular weight excluding hydrogens is 556 g/mol. The van der Waals surface area contributed by atoms with Crippen LogP contribution in [-0.4, -0.2) is 30.1 Å². The molecule has 0 aliphatic rings. The molecule has 1 heterocycles. The van der Waals surface area contributed by atoms with Crippen LogP contribution in [0.2, 0.25) is 0 Å². The van der Waals surface area contributed by atoms with Gasteiger partial charge in [0.2, 0.25) is 0 Å². The van der Waals surface area contributed by atoms with Crippen molar-refractivity contribution in [3.63, 3.8) is 0 Å². The average molecular weight is 583 g/mol. The van der Waals surface area contributed by atoms with E-state index in [-0.39, 0.29) is 23.6 Å². The fourth-order valence-electron chi connectivity index (χ4n) is 4.09. The predicted molar refractivity (Wildman–Crippen MR) is 146 cm³/mol. The molecule has 0 bridgehead atoms. The first-order chi connectivity index (χ1) is 20.1. The second-order valence-electron chi connectivity index (χ2n) is 9.15. The first kappa shape index (κ1) is 30.0. The molecule has 218 valence electrons. The number of amides is 1. The minimum atomic E-state index is -3.33. The van der Waals surface area contributed by atoms with E-state index in [1.165, 1.54) is 23.2 Å². The van der Waals surface area contributed by atoms with Crippen LogP contribution in [0.15, 0.2) is 91.1 Å². The Kier molecular flexibility index (Phi) is 9.74. The van der Waals surface area contributed by atoms with Gasteiger partial charge in [0.05, 0.1) is 6.04 Å². The molecule has 42 heavy (non-hydrogen) atoms. The van der Waals surface area contributed by atoms with Crippen LogP contribution in [0.5, 0.6) is 11.5 Å². The van der Waals surface area contributed by atoms with E-state index in [4.69, 9.17) is 4.74 Å². The van der Waals surface area contributed by atoms with Crippen LogP contribution in [0.3, 0.4) is 0 Å². The molecule has 1 unspecified atom stereocenters. The van der Waals surface area contributed by atoms with E-state index in [1.807, 2.05) is 68.4 Å². The molecule has 1 aromatic heterocycles. The van der Waals surface area contributed by atoms with E-state index >= 15 is 0 Å². The Morgan fingerprint density at radius 1 is 0.810 bits per heavy atom. The second-order valence-corrected chi connectivity index (χ2v) is 9.15. The molecule has 1 atom stereocenters. The number of pyridine rings is 1. The van der Waals surface area contributed by atoms with Crippen molar-refractivity contribution in [2.24, 2.45) is 0 Å². The average Bonchev–Trinajstić information content (AvgIpc) is 2.97. The molecule has 0 radical (unpaired) electrons. The Morgan fingerprint density at radius 3 is 2.07 bits per heavy atom. The summed E-state index contributed by atoms with van der Waals surface area (Å²) in [6.07, 6.45) is 0.552. The van der Waals surface area contributed by atoms with Gasteiger partial charge in [-0.3, -0.25) is 9.69 Å². The van der Waals surface area contributed by atoms with Crippen LogP contribution in [0.1, 0.15) is 45.6 Å². The fourth-order valence-corrected chi connectivity index (χ4v) is 4.09.